The van der Waals surface area contributed by atoms with Gasteiger partial charge < -0.3 is 5.32 Å². The summed E-state index contributed by atoms with van der Waals surface area (Å²) in [6.45, 7) is 1.27. The highest BCUT2D eigenvalue weighted by Crippen LogP contribution is 2.14. The van der Waals surface area contributed by atoms with Gasteiger partial charge in [0.15, 0.2) is 0 Å². The van der Waals surface area contributed by atoms with E-state index in [0.29, 0.717) is 18.8 Å². The number of halogens is 2. The summed E-state index contributed by atoms with van der Waals surface area (Å²) in [5.41, 5.74) is 0.878. The molecule has 0 spiro atoms. The van der Waals surface area contributed by atoms with Gasteiger partial charge in [0.25, 0.3) is 0 Å². The summed E-state index contributed by atoms with van der Waals surface area (Å²) in [6, 6.07) is 4.77. The first-order chi connectivity index (χ1) is 7.08. The molecule has 0 heterocycles. The van der Waals surface area contributed by atoms with Crippen molar-refractivity contribution in [1.82, 2.24) is 5.32 Å². The van der Waals surface area contributed by atoms with Crippen LogP contribution in [0.2, 0.25) is 0 Å². The monoisotopic (exact) mass is 293 g/mol. The van der Waals surface area contributed by atoms with Crippen LogP contribution in [0.3, 0.4) is 0 Å². The molecule has 5 heteroatoms. The van der Waals surface area contributed by atoms with Gasteiger partial charge >= 0.3 is 0 Å². The van der Waals surface area contributed by atoms with E-state index in [1.165, 1.54) is 12.1 Å². The molecule has 0 aliphatic heterocycles. The van der Waals surface area contributed by atoms with E-state index >= 15 is 0 Å². The minimum Gasteiger partial charge on any atom is -0.312 e. The fourth-order valence-corrected chi connectivity index (χ4v) is 2.11. The van der Waals surface area contributed by atoms with Crippen LogP contribution in [0.4, 0.5) is 4.39 Å². The van der Waals surface area contributed by atoms with Crippen LogP contribution in [-0.2, 0) is 17.3 Å². The van der Waals surface area contributed by atoms with Gasteiger partial charge in [-0.1, -0.05) is 15.9 Å². The molecule has 1 aromatic rings. The third-order valence-electron chi connectivity index (χ3n) is 1.82. The molecule has 0 aliphatic carbocycles. The lowest BCUT2D eigenvalue weighted by molar-refractivity contribution is 0.620. The van der Waals surface area contributed by atoms with Gasteiger partial charge in [0, 0.05) is 40.4 Å². The third kappa shape index (κ3) is 5.39. The minimum absolute atomic E-state index is 0.250. The number of nitrogens with one attached hydrogen (secondary N) is 1. The van der Waals surface area contributed by atoms with Crippen LogP contribution in [0.25, 0.3) is 0 Å². The predicted octanol–water partition coefficient (Wildman–Crippen LogP) is 2.06. The second-order valence-electron chi connectivity index (χ2n) is 3.23. The van der Waals surface area contributed by atoms with Gasteiger partial charge in [-0.25, -0.2) is 4.39 Å². The average Bonchev–Trinajstić information content (AvgIpc) is 2.10. The van der Waals surface area contributed by atoms with Crippen LogP contribution in [0.15, 0.2) is 22.7 Å². The number of hydrogen-bond acceptors (Lipinski definition) is 2. The molecule has 0 aliphatic rings. The molecule has 0 fully saturated rings. The van der Waals surface area contributed by atoms with E-state index in [1.807, 2.05) is 6.07 Å². The molecule has 2 nitrogen and oxygen atoms in total. The van der Waals surface area contributed by atoms with E-state index in [-0.39, 0.29) is 5.82 Å². The predicted molar refractivity (Wildman–Crippen MR) is 64.7 cm³/mol. The summed E-state index contributed by atoms with van der Waals surface area (Å²) in [5.74, 6) is 0.372. The number of hydrogen-bond donors (Lipinski definition) is 1. The van der Waals surface area contributed by atoms with E-state index < -0.39 is 10.8 Å². The third-order valence-corrected chi connectivity index (χ3v) is 3.05. The normalized spacial score (nSPS) is 12.7. The van der Waals surface area contributed by atoms with Gasteiger partial charge in [0.1, 0.15) is 5.82 Å². The van der Waals surface area contributed by atoms with Crippen LogP contribution < -0.4 is 5.32 Å². The maximum absolute atomic E-state index is 13.0. The fraction of sp³-hybridized carbons (Fsp3) is 0.400. The first-order valence-corrected chi connectivity index (χ1v) is 7.05. The molecule has 0 aromatic heterocycles. The molecule has 1 unspecified atom stereocenters. The highest BCUT2D eigenvalue weighted by atomic mass is 79.9. The molecule has 84 valence electrons. The Morgan fingerprint density at radius 1 is 1.47 bits per heavy atom. The Labute approximate surface area is 99.8 Å². The van der Waals surface area contributed by atoms with Crippen molar-refractivity contribution in [3.63, 3.8) is 0 Å². The molecular weight excluding hydrogens is 281 g/mol. The lowest BCUT2D eigenvalue weighted by Gasteiger charge is -2.04. The smallest absolute Gasteiger partial charge is 0.124 e. The first kappa shape index (κ1) is 12.8. The molecule has 1 N–H and O–H groups in total. The van der Waals surface area contributed by atoms with Crippen molar-refractivity contribution < 1.29 is 8.60 Å². The molecule has 0 saturated carbocycles. The van der Waals surface area contributed by atoms with Crippen molar-refractivity contribution in [3.8, 4) is 0 Å². The van der Waals surface area contributed by atoms with E-state index in [4.69, 9.17) is 0 Å². The summed E-state index contributed by atoms with van der Waals surface area (Å²) in [6.07, 6.45) is 1.67. The van der Waals surface area contributed by atoms with Crippen LogP contribution in [0.1, 0.15) is 5.56 Å². The molecule has 15 heavy (non-hydrogen) atoms. The quantitative estimate of drug-likeness (QED) is 0.842. The van der Waals surface area contributed by atoms with E-state index in [2.05, 4.69) is 21.2 Å². The summed E-state index contributed by atoms with van der Waals surface area (Å²) < 4.78 is 24.5. The zero-order valence-corrected chi connectivity index (χ0v) is 10.8. The van der Waals surface area contributed by atoms with Gasteiger partial charge in [0.05, 0.1) is 0 Å². The Bertz CT molecular complexity index is 339. The molecule has 0 bridgehead atoms. The summed E-state index contributed by atoms with van der Waals surface area (Å²) in [7, 11) is -0.778. The van der Waals surface area contributed by atoms with Crippen LogP contribution in [-0.4, -0.2) is 22.8 Å². The van der Waals surface area contributed by atoms with Crippen LogP contribution in [0.5, 0.6) is 0 Å². The van der Waals surface area contributed by atoms with Crippen molar-refractivity contribution in [2.75, 3.05) is 18.6 Å². The Kier molecular flexibility index (Phi) is 5.42. The summed E-state index contributed by atoms with van der Waals surface area (Å²) in [5, 5.41) is 3.11. The number of benzene rings is 1. The Morgan fingerprint density at radius 2 is 2.20 bits per heavy atom. The maximum atomic E-state index is 13.0. The van der Waals surface area contributed by atoms with E-state index in [9.17, 15) is 8.60 Å². The fourth-order valence-electron chi connectivity index (χ4n) is 1.16. The largest absolute Gasteiger partial charge is 0.312 e. The maximum Gasteiger partial charge on any atom is 0.124 e. The Hall–Kier alpha value is -0.260. The second kappa shape index (κ2) is 6.35. The van der Waals surface area contributed by atoms with Crippen molar-refractivity contribution >= 4 is 26.7 Å². The standard InChI is InChI=1S/C10H13BrFNOS/c1-15(14)3-2-13-7-8-4-9(11)6-10(12)5-8/h4-6,13H,2-3,7H2,1H3. The van der Waals surface area contributed by atoms with Gasteiger partial charge in [-0.05, 0) is 23.8 Å². The lowest BCUT2D eigenvalue weighted by atomic mass is 10.2. The van der Waals surface area contributed by atoms with Crippen molar-refractivity contribution in [3.05, 3.63) is 34.1 Å². The van der Waals surface area contributed by atoms with Crippen molar-refractivity contribution in [1.29, 1.82) is 0 Å². The first-order valence-electron chi connectivity index (χ1n) is 4.53. The summed E-state index contributed by atoms with van der Waals surface area (Å²) >= 11 is 3.23. The van der Waals surface area contributed by atoms with Gasteiger partial charge in [0.2, 0.25) is 0 Å². The zero-order valence-electron chi connectivity index (χ0n) is 8.43. The Morgan fingerprint density at radius 3 is 2.80 bits per heavy atom. The Balaban J connectivity index is 2.40. The lowest BCUT2D eigenvalue weighted by Crippen LogP contribution is -2.19. The molecule has 0 amide bonds. The topological polar surface area (TPSA) is 29.1 Å². The van der Waals surface area contributed by atoms with Gasteiger partial charge in [-0.3, -0.25) is 4.21 Å². The molecule has 1 rings (SSSR count). The number of rotatable bonds is 5. The molecule has 1 atom stereocenters. The second-order valence-corrected chi connectivity index (χ2v) is 5.70. The van der Waals surface area contributed by atoms with Crippen LogP contribution >= 0.6 is 15.9 Å². The van der Waals surface area contributed by atoms with Gasteiger partial charge in [-0.2, -0.15) is 0 Å². The molecular formula is C10H13BrFNOS. The van der Waals surface area contributed by atoms with Gasteiger partial charge in [-0.15, -0.1) is 0 Å². The molecule has 0 saturated heterocycles. The van der Waals surface area contributed by atoms with Crippen molar-refractivity contribution in [2.45, 2.75) is 6.54 Å². The molecule has 0 radical (unpaired) electrons. The highest BCUT2D eigenvalue weighted by Gasteiger charge is 1.99. The van der Waals surface area contributed by atoms with E-state index in [1.54, 1.807) is 6.26 Å². The summed E-state index contributed by atoms with van der Waals surface area (Å²) in [4.78, 5) is 0. The SMILES string of the molecule is CS(=O)CCNCc1cc(F)cc(Br)c1. The van der Waals surface area contributed by atoms with E-state index in [0.717, 1.165) is 10.0 Å². The van der Waals surface area contributed by atoms with Crippen LogP contribution in [0, 0.1) is 5.82 Å². The average molecular weight is 294 g/mol. The highest BCUT2D eigenvalue weighted by molar-refractivity contribution is 9.10. The van der Waals surface area contributed by atoms with Crippen molar-refractivity contribution in [2.24, 2.45) is 0 Å². The minimum atomic E-state index is -0.778. The zero-order chi connectivity index (χ0) is 11.3. The molecule has 1 aromatic carbocycles.